The van der Waals surface area contributed by atoms with Crippen molar-refractivity contribution < 1.29 is 26.7 Å². The van der Waals surface area contributed by atoms with E-state index in [4.69, 9.17) is 4.55 Å². The summed E-state index contributed by atoms with van der Waals surface area (Å²) in [6, 6.07) is 0. The van der Waals surface area contributed by atoms with E-state index in [2.05, 4.69) is 11.1 Å². The Balaban J connectivity index is 3.49. The lowest BCUT2D eigenvalue weighted by molar-refractivity contribution is -0.893. The van der Waals surface area contributed by atoms with Crippen molar-refractivity contribution in [2.75, 3.05) is 33.8 Å². The second kappa shape index (κ2) is 16.6. The fourth-order valence-electron chi connectivity index (χ4n) is 3.61. The first-order chi connectivity index (χ1) is 13.2. The van der Waals surface area contributed by atoms with Gasteiger partial charge in [-0.15, -0.1) is 0 Å². The molecule has 0 radical (unpaired) electrons. The molecule has 0 aliphatic heterocycles. The SMILES string of the molecule is CCCCCCCCCCCCCCCC[N+](C)(C)CC(O)COS(=O)(=O)O. The molecule has 28 heavy (non-hydrogen) atoms. The summed E-state index contributed by atoms with van der Waals surface area (Å²) in [5.41, 5.74) is 0. The lowest BCUT2D eigenvalue weighted by atomic mass is 10.0. The molecule has 0 aromatic rings. The van der Waals surface area contributed by atoms with Crippen LogP contribution in [0.5, 0.6) is 0 Å². The highest BCUT2D eigenvalue weighted by Gasteiger charge is 2.21. The van der Waals surface area contributed by atoms with Crippen LogP contribution >= 0.6 is 0 Å². The largest absolute Gasteiger partial charge is 0.397 e. The first-order valence-electron chi connectivity index (χ1n) is 11.3. The third kappa shape index (κ3) is 20.5. The molecule has 0 heterocycles. The average Bonchev–Trinajstić information content (AvgIpc) is 2.59. The van der Waals surface area contributed by atoms with E-state index >= 15 is 0 Å². The Kier molecular flexibility index (Phi) is 16.4. The fourth-order valence-corrected chi connectivity index (χ4v) is 3.94. The number of likely N-dealkylation sites (N-methyl/N-ethyl adjacent to an activating group) is 1. The second-order valence-corrected chi connectivity index (χ2v) is 9.90. The van der Waals surface area contributed by atoms with Crippen LogP contribution in [0, 0.1) is 0 Å². The molecular weight excluding hydrogens is 378 g/mol. The Morgan fingerprint density at radius 1 is 0.786 bits per heavy atom. The van der Waals surface area contributed by atoms with Crippen LogP contribution in [0.1, 0.15) is 96.8 Å². The number of rotatable bonds is 20. The molecule has 1 unspecified atom stereocenters. The number of quaternary nitrogens is 1. The summed E-state index contributed by atoms with van der Waals surface area (Å²) >= 11 is 0. The molecule has 0 saturated carbocycles. The van der Waals surface area contributed by atoms with Crippen LogP contribution in [0.2, 0.25) is 0 Å². The Morgan fingerprint density at radius 2 is 1.18 bits per heavy atom. The van der Waals surface area contributed by atoms with Crippen LogP contribution in [0.25, 0.3) is 0 Å². The number of hydrogen-bond donors (Lipinski definition) is 2. The minimum atomic E-state index is -4.48. The van der Waals surface area contributed by atoms with Crippen LogP contribution < -0.4 is 0 Å². The van der Waals surface area contributed by atoms with E-state index in [1.165, 1.54) is 83.5 Å². The van der Waals surface area contributed by atoms with Gasteiger partial charge in [-0.05, 0) is 12.8 Å². The van der Waals surface area contributed by atoms with E-state index in [-0.39, 0.29) is 0 Å². The number of hydrogen-bond acceptors (Lipinski definition) is 4. The van der Waals surface area contributed by atoms with E-state index in [1.807, 2.05) is 14.1 Å². The van der Waals surface area contributed by atoms with Gasteiger partial charge in [0.2, 0.25) is 0 Å². The zero-order valence-electron chi connectivity index (χ0n) is 18.6. The van der Waals surface area contributed by atoms with Gasteiger partial charge in [0.05, 0.1) is 20.6 Å². The summed E-state index contributed by atoms with van der Waals surface area (Å²) < 4.78 is 34.5. The van der Waals surface area contributed by atoms with Gasteiger partial charge < -0.3 is 9.59 Å². The van der Waals surface area contributed by atoms with E-state index in [9.17, 15) is 13.5 Å². The maximum absolute atomic E-state index is 10.5. The van der Waals surface area contributed by atoms with E-state index < -0.39 is 23.1 Å². The molecule has 2 N–H and O–H groups in total. The van der Waals surface area contributed by atoms with Crippen molar-refractivity contribution in [2.24, 2.45) is 0 Å². The molecule has 0 aromatic heterocycles. The van der Waals surface area contributed by atoms with Gasteiger partial charge >= 0.3 is 10.4 Å². The van der Waals surface area contributed by atoms with Crippen molar-refractivity contribution in [2.45, 2.75) is 103 Å². The Hall–Kier alpha value is -0.210. The van der Waals surface area contributed by atoms with Gasteiger partial charge in [0.15, 0.2) is 0 Å². The summed E-state index contributed by atoms with van der Waals surface area (Å²) in [6.45, 7) is 3.19. The van der Waals surface area contributed by atoms with Gasteiger partial charge in [0.1, 0.15) is 19.3 Å². The molecule has 0 aromatic carbocycles. The summed E-state index contributed by atoms with van der Waals surface area (Å²) in [5.74, 6) is 0. The number of aliphatic hydroxyl groups excluding tert-OH is 1. The molecule has 0 rings (SSSR count). The minimum Gasteiger partial charge on any atom is -0.385 e. The molecule has 0 aliphatic carbocycles. The first-order valence-corrected chi connectivity index (χ1v) is 12.6. The lowest BCUT2D eigenvalue weighted by Crippen LogP contribution is -2.47. The zero-order valence-corrected chi connectivity index (χ0v) is 19.4. The lowest BCUT2D eigenvalue weighted by Gasteiger charge is -2.31. The highest BCUT2D eigenvalue weighted by atomic mass is 32.3. The number of nitrogens with zero attached hydrogens (tertiary/aromatic N) is 1. The molecular formula is C21H46NO5S+. The van der Waals surface area contributed by atoms with E-state index in [0.717, 1.165) is 13.0 Å². The Bertz CT molecular complexity index is 454. The van der Waals surface area contributed by atoms with Crippen molar-refractivity contribution in [1.29, 1.82) is 0 Å². The molecule has 170 valence electrons. The molecule has 0 saturated heterocycles. The van der Waals surface area contributed by atoms with Crippen LogP contribution in [-0.2, 0) is 14.6 Å². The monoisotopic (exact) mass is 424 g/mol. The van der Waals surface area contributed by atoms with Crippen LogP contribution in [-0.4, -0.2) is 62.5 Å². The van der Waals surface area contributed by atoms with Gasteiger partial charge in [-0.3, -0.25) is 4.55 Å². The quantitative estimate of drug-likeness (QED) is 0.168. The summed E-state index contributed by atoms with van der Waals surface area (Å²) in [5, 5.41) is 9.85. The number of aliphatic hydroxyl groups is 1. The highest BCUT2D eigenvalue weighted by molar-refractivity contribution is 7.80. The van der Waals surface area contributed by atoms with Crippen LogP contribution in [0.15, 0.2) is 0 Å². The van der Waals surface area contributed by atoms with Crippen molar-refractivity contribution >= 4 is 10.4 Å². The molecule has 0 bridgehead atoms. The summed E-state index contributed by atoms with van der Waals surface area (Å²) in [7, 11) is -0.459. The average molecular weight is 425 g/mol. The number of unbranched alkanes of at least 4 members (excludes halogenated alkanes) is 13. The van der Waals surface area contributed by atoms with Gasteiger partial charge in [-0.2, -0.15) is 8.42 Å². The Morgan fingerprint density at radius 3 is 1.57 bits per heavy atom. The molecule has 1 atom stereocenters. The molecule has 6 nitrogen and oxygen atoms in total. The fraction of sp³-hybridized carbons (Fsp3) is 1.00. The van der Waals surface area contributed by atoms with Crippen molar-refractivity contribution in [3.8, 4) is 0 Å². The summed E-state index contributed by atoms with van der Waals surface area (Å²) in [4.78, 5) is 0. The van der Waals surface area contributed by atoms with Gasteiger partial charge in [0.25, 0.3) is 0 Å². The third-order valence-electron chi connectivity index (χ3n) is 5.23. The maximum atomic E-state index is 10.5. The van der Waals surface area contributed by atoms with Gasteiger partial charge in [-0.25, -0.2) is 4.18 Å². The van der Waals surface area contributed by atoms with Crippen molar-refractivity contribution in [3.05, 3.63) is 0 Å². The van der Waals surface area contributed by atoms with Crippen molar-refractivity contribution in [3.63, 3.8) is 0 Å². The maximum Gasteiger partial charge on any atom is 0.397 e. The molecule has 0 fully saturated rings. The molecule has 0 amide bonds. The molecule has 0 aliphatic rings. The first kappa shape index (κ1) is 27.8. The van der Waals surface area contributed by atoms with Gasteiger partial charge in [0, 0.05) is 0 Å². The van der Waals surface area contributed by atoms with Crippen LogP contribution in [0.4, 0.5) is 0 Å². The summed E-state index contributed by atoms with van der Waals surface area (Å²) in [6.07, 6.45) is 17.7. The zero-order chi connectivity index (χ0) is 21.3. The predicted octanol–water partition coefficient (Wildman–Crippen LogP) is 4.72. The highest BCUT2D eigenvalue weighted by Crippen LogP contribution is 2.13. The topological polar surface area (TPSA) is 83.8 Å². The minimum absolute atomic E-state index is 0.397. The predicted molar refractivity (Wildman–Crippen MR) is 116 cm³/mol. The van der Waals surface area contributed by atoms with E-state index in [0.29, 0.717) is 11.0 Å². The molecule has 0 spiro atoms. The smallest absolute Gasteiger partial charge is 0.385 e. The Labute approximate surface area is 174 Å². The molecule has 7 heteroatoms. The van der Waals surface area contributed by atoms with Gasteiger partial charge in [-0.1, -0.05) is 84.0 Å². The van der Waals surface area contributed by atoms with E-state index in [1.54, 1.807) is 0 Å². The standard InChI is InChI=1S/C21H45NO5S/c1-4-5-6-7-8-9-10-11-12-13-14-15-16-17-18-22(2,3)19-21(23)20-27-28(24,25)26/h21,23H,4-20H2,1-3H3/p+1. The third-order valence-corrected chi connectivity index (χ3v) is 5.67. The second-order valence-electron chi connectivity index (χ2n) is 8.80. The normalized spacial score (nSPS) is 13.8. The van der Waals surface area contributed by atoms with Crippen LogP contribution in [0.3, 0.4) is 0 Å². The van der Waals surface area contributed by atoms with Crippen molar-refractivity contribution in [1.82, 2.24) is 0 Å².